The molecule has 2 aliphatic rings. The van der Waals surface area contributed by atoms with Crippen molar-refractivity contribution in [2.45, 2.75) is 51.6 Å². The van der Waals surface area contributed by atoms with Crippen molar-refractivity contribution >= 4 is 12.4 Å². The number of hydrogen-bond donors (Lipinski definition) is 1. The van der Waals surface area contributed by atoms with E-state index >= 15 is 0 Å². The fraction of sp³-hybridized carbons (Fsp3) is 0.500. The highest BCUT2D eigenvalue weighted by Gasteiger charge is 2.56. The van der Waals surface area contributed by atoms with Gasteiger partial charge in [0.2, 0.25) is 0 Å². The standard InChI is InChI=1S/C20H25NO2.ClH/c1-19(2)16-5-4-6-17(22)15(16)11-18-20(19,3)8-9-21(18)12-14-7-10-23-13-14;/h4-7,10,13,18,22H,8-9,11-12H2,1-3H3;1H/t18-,20+;/m0./s1. The van der Waals surface area contributed by atoms with Gasteiger partial charge in [-0.3, -0.25) is 4.90 Å². The van der Waals surface area contributed by atoms with Gasteiger partial charge < -0.3 is 9.52 Å². The van der Waals surface area contributed by atoms with Crippen LogP contribution in [-0.4, -0.2) is 22.6 Å². The highest BCUT2D eigenvalue weighted by molar-refractivity contribution is 5.85. The van der Waals surface area contributed by atoms with E-state index in [1.165, 1.54) is 17.5 Å². The van der Waals surface area contributed by atoms with Gasteiger partial charge in [-0.25, -0.2) is 0 Å². The van der Waals surface area contributed by atoms with Crippen molar-refractivity contribution in [1.29, 1.82) is 0 Å². The van der Waals surface area contributed by atoms with Crippen LogP contribution >= 0.6 is 12.4 Å². The summed E-state index contributed by atoms with van der Waals surface area (Å²) in [6, 6.07) is 8.52. The molecule has 0 spiro atoms. The Balaban J connectivity index is 0.00000169. The van der Waals surface area contributed by atoms with Crippen molar-refractivity contribution in [2.75, 3.05) is 6.54 Å². The second kappa shape index (κ2) is 5.82. The Bertz CT molecular complexity index is 725. The van der Waals surface area contributed by atoms with Crippen molar-refractivity contribution in [3.63, 3.8) is 0 Å². The zero-order chi connectivity index (χ0) is 16.2. The zero-order valence-corrected chi connectivity index (χ0v) is 15.4. The van der Waals surface area contributed by atoms with E-state index < -0.39 is 0 Å². The molecule has 1 aromatic heterocycles. The lowest BCUT2D eigenvalue weighted by atomic mass is 9.54. The number of aromatic hydroxyl groups is 1. The minimum absolute atomic E-state index is 0. The predicted octanol–water partition coefficient (Wildman–Crippen LogP) is 4.52. The lowest BCUT2D eigenvalue weighted by Gasteiger charge is -2.52. The molecule has 4 heteroatoms. The van der Waals surface area contributed by atoms with E-state index in [0.29, 0.717) is 11.8 Å². The van der Waals surface area contributed by atoms with Gasteiger partial charge in [0.25, 0.3) is 0 Å². The number of furan rings is 1. The maximum Gasteiger partial charge on any atom is 0.119 e. The van der Waals surface area contributed by atoms with Gasteiger partial charge in [-0.05, 0) is 53.5 Å². The van der Waals surface area contributed by atoms with Crippen molar-refractivity contribution < 1.29 is 9.52 Å². The third-order valence-electron chi connectivity index (χ3n) is 6.71. The van der Waals surface area contributed by atoms with Gasteiger partial charge in [-0.1, -0.05) is 32.9 Å². The summed E-state index contributed by atoms with van der Waals surface area (Å²) in [7, 11) is 0. The lowest BCUT2D eigenvalue weighted by molar-refractivity contribution is 0.0758. The highest BCUT2D eigenvalue weighted by atomic mass is 35.5. The smallest absolute Gasteiger partial charge is 0.119 e. The second-order valence-corrected chi connectivity index (χ2v) is 7.92. The van der Waals surface area contributed by atoms with Crippen LogP contribution in [0.2, 0.25) is 0 Å². The molecule has 1 fully saturated rings. The fourth-order valence-corrected chi connectivity index (χ4v) is 4.87. The molecule has 2 heterocycles. The molecule has 0 amide bonds. The summed E-state index contributed by atoms with van der Waals surface area (Å²) in [5.74, 6) is 0.452. The first-order valence-corrected chi connectivity index (χ1v) is 8.50. The van der Waals surface area contributed by atoms with Gasteiger partial charge in [-0.2, -0.15) is 0 Å². The number of nitrogens with zero attached hydrogens (tertiary/aromatic N) is 1. The molecule has 2 atom stereocenters. The molecule has 0 unspecified atom stereocenters. The van der Waals surface area contributed by atoms with Crippen molar-refractivity contribution in [3.8, 4) is 5.75 Å². The fourth-order valence-electron chi connectivity index (χ4n) is 4.87. The summed E-state index contributed by atoms with van der Waals surface area (Å²) < 4.78 is 5.24. The van der Waals surface area contributed by atoms with Crippen molar-refractivity contribution in [3.05, 3.63) is 53.5 Å². The van der Waals surface area contributed by atoms with Crippen LogP contribution in [0.3, 0.4) is 0 Å². The average molecular weight is 348 g/mol. The number of benzene rings is 1. The Labute approximate surface area is 150 Å². The summed E-state index contributed by atoms with van der Waals surface area (Å²) in [5, 5.41) is 10.4. The van der Waals surface area contributed by atoms with E-state index in [-0.39, 0.29) is 23.2 Å². The number of fused-ring (bicyclic) bond motifs is 2. The predicted molar refractivity (Wildman–Crippen MR) is 97.7 cm³/mol. The van der Waals surface area contributed by atoms with Crippen LogP contribution in [0.25, 0.3) is 0 Å². The van der Waals surface area contributed by atoms with Crippen LogP contribution in [-0.2, 0) is 18.4 Å². The summed E-state index contributed by atoms with van der Waals surface area (Å²) in [4.78, 5) is 2.57. The van der Waals surface area contributed by atoms with Crippen LogP contribution in [0, 0.1) is 5.41 Å². The number of halogens is 1. The molecule has 1 aliphatic carbocycles. The van der Waals surface area contributed by atoms with Gasteiger partial charge >= 0.3 is 0 Å². The number of likely N-dealkylation sites (tertiary alicyclic amines) is 1. The molecule has 4 rings (SSSR count). The van der Waals surface area contributed by atoms with Crippen LogP contribution < -0.4 is 0 Å². The Kier molecular flexibility index (Phi) is 4.21. The minimum Gasteiger partial charge on any atom is -0.508 e. The third-order valence-corrected chi connectivity index (χ3v) is 6.71. The van der Waals surface area contributed by atoms with E-state index in [0.717, 1.165) is 25.1 Å². The Morgan fingerprint density at radius 1 is 1.25 bits per heavy atom. The molecule has 0 radical (unpaired) electrons. The summed E-state index contributed by atoms with van der Waals surface area (Å²) in [5.41, 5.74) is 3.96. The van der Waals surface area contributed by atoms with Gasteiger partial charge in [0, 0.05) is 18.2 Å². The van der Waals surface area contributed by atoms with E-state index in [1.54, 1.807) is 6.26 Å². The summed E-state index contributed by atoms with van der Waals surface area (Å²) in [6.45, 7) is 9.15. The van der Waals surface area contributed by atoms with Gasteiger partial charge in [0.05, 0.1) is 12.5 Å². The number of phenols is 1. The second-order valence-electron chi connectivity index (χ2n) is 7.92. The highest BCUT2D eigenvalue weighted by Crippen LogP contribution is 2.57. The first kappa shape index (κ1) is 17.4. The first-order chi connectivity index (χ1) is 10.9. The Morgan fingerprint density at radius 3 is 2.75 bits per heavy atom. The largest absolute Gasteiger partial charge is 0.508 e. The molecule has 130 valence electrons. The van der Waals surface area contributed by atoms with Crippen LogP contribution in [0.1, 0.15) is 43.9 Å². The SMILES string of the molecule is CC1(C)c2cccc(O)c2C[C@@H]2N(Cc3ccoc3)CC[C@]21C.Cl. The summed E-state index contributed by atoms with van der Waals surface area (Å²) >= 11 is 0. The molecule has 24 heavy (non-hydrogen) atoms. The lowest BCUT2D eigenvalue weighted by Crippen LogP contribution is -2.53. The zero-order valence-electron chi connectivity index (χ0n) is 14.6. The molecular weight excluding hydrogens is 322 g/mol. The number of phenolic OH excluding ortho intramolecular Hbond substituents is 1. The Hall–Kier alpha value is -1.45. The molecule has 3 nitrogen and oxygen atoms in total. The van der Waals surface area contributed by atoms with E-state index in [4.69, 9.17) is 4.42 Å². The van der Waals surface area contributed by atoms with Gasteiger partial charge in [0.1, 0.15) is 5.75 Å². The maximum absolute atomic E-state index is 10.4. The van der Waals surface area contributed by atoms with Crippen LogP contribution in [0.5, 0.6) is 5.75 Å². The molecule has 1 aromatic carbocycles. The molecule has 1 N–H and O–H groups in total. The normalized spacial score (nSPS) is 28.0. The maximum atomic E-state index is 10.4. The molecular formula is C20H26ClNO2. The van der Waals surface area contributed by atoms with Gasteiger partial charge in [-0.15, -0.1) is 12.4 Å². The average Bonchev–Trinajstić information content (AvgIpc) is 3.12. The topological polar surface area (TPSA) is 36.6 Å². The third kappa shape index (κ3) is 2.29. The van der Waals surface area contributed by atoms with E-state index in [9.17, 15) is 5.11 Å². The van der Waals surface area contributed by atoms with Crippen molar-refractivity contribution in [1.82, 2.24) is 4.90 Å². The molecule has 0 bridgehead atoms. The monoisotopic (exact) mass is 347 g/mol. The molecule has 1 saturated heterocycles. The number of rotatable bonds is 2. The minimum atomic E-state index is 0. The van der Waals surface area contributed by atoms with Gasteiger partial charge in [0.15, 0.2) is 0 Å². The van der Waals surface area contributed by atoms with E-state index in [2.05, 4.69) is 37.8 Å². The Morgan fingerprint density at radius 2 is 2.04 bits per heavy atom. The quantitative estimate of drug-likeness (QED) is 0.867. The first-order valence-electron chi connectivity index (χ1n) is 8.50. The number of hydrogen-bond acceptors (Lipinski definition) is 3. The molecule has 1 aliphatic heterocycles. The van der Waals surface area contributed by atoms with Crippen LogP contribution in [0.4, 0.5) is 0 Å². The summed E-state index contributed by atoms with van der Waals surface area (Å²) in [6.07, 6.45) is 5.71. The molecule has 0 saturated carbocycles. The van der Waals surface area contributed by atoms with Crippen molar-refractivity contribution in [2.24, 2.45) is 5.41 Å². The van der Waals surface area contributed by atoms with E-state index in [1.807, 2.05) is 18.4 Å². The van der Waals surface area contributed by atoms with Crippen LogP contribution in [0.15, 0.2) is 41.2 Å². The molecule has 2 aromatic rings.